The van der Waals surface area contributed by atoms with Gasteiger partial charge >= 0.3 is 0 Å². The minimum atomic E-state index is -0.952. The average Bonchev–Trinajstić information content (AvgIpc) is 3.48. The zero-order valence-corrected chi connectivity index (χ0v) is 19.3. The first-order chi connectivity index (χ1) is 16.4. The standard InChI is InChI=1S/C25H28F2N6O/c1-15-7-22(26)21(25(34)31-17-3-4-17)9-20(15)16-10-29-33(13-16)19-8-18(11-28-12-19)30-24-5-6-32(2)14-23(24)27/h7-13,17,23-24,30H,3-6,14H2,1-2H3,(H,31,34)/t23-,24?/m0/s1. The molecule has 1 saturated heterocycles. The maximum atomic E-state index is 14.5. The Hall–Kier alpha value is -3.33. The van der Waals surface area contributed by atoms with Crippen LogP contribution in [0.1, 0.15) is 35.2 Å². The molecule has 1 aliphatic heterocycles. The van der Waals surface area contributed by atoms with Gasteiger partial charge in [-0.05, 0) is 62.6 Å². The third-order valence-corrected chi connectivity index (χ3v) is 6.45. The van der Waals surface area contributed by atoms with E-state index in [2.05, 4.69) is 20.7 Å². The number of nitrogens with one attached hydrogen (secondary N) is 2. The highest BCUT2D eigenvalue weighted by Crippen LogP contribution is 2.28. The van der Waals surface area contributed by atoms with Gasteiger partial charge in [0.1, 0.15) is 12.0 Å². The van der Waals surface area contributed by atoms with E-state index in [9.17, 15) is 13.6 Å². The SMILES string of the molecule is Cc1cc(F)c(C(=O)NC2CC2)cc1-c1cnn(-c2cncc(NC3CCN(C)C[C@@H]3F)c2)c1. The molecule has 34 heavy (non-hydrogen) atoms. The molecule has 1 unspecified atom stereocenters. The number of amides is 1. The number of aromatic nitrogens is 3. The van der Waals surface area contributed by atoms with E-state index in [1.807, 2.05) is 24.2 Å². The van der Waals surface area contributed by atoms with E-state index in [1.165, 1.54) is 6.07 Å². The number of alkyl halides is 1. The number of likely N-dealkylation sites (tertiary alicyclic amines) is 1. The Kier molecular flexibility index (Phi) is 6.03. The maximum absolute atomic E-state index is 14.5. The van der Waals surface area contributed by atoms with E-state index < -0.39 is 17.9 Å². The number of hydrogen-bond donors (Lipinski definition) is 2. The van der Waals surface area contributed by atoms with Crippen molar-refractivity contribution in [1.82, 2.24) is 25.0 Å². The molecule has 0 radical (unpaired) electrons. The number of piperidine rings is 1. The van der Waals surface area contributed by atoms with Crippen LogP contribution in [0.15, 0.2) is 43.0 Å². The van der Waals surface area contributed by atoms with E-state index >= 15 is 0 Å². The Morgan fingerprint density at radius 1 is 1.15 bits per heavy atom. The lowest BCUT2D eigenvalue weighted by atomic mass is 9.99. The highest BCUT2D eigenvalue weighted by atomic mass is 19.1. The van der Waals surface area contributed by atoms with Crippen molar-refractivity contribution in [3.05, 3.63) is 59.9 Å². The molecule has 2 fully saturated rings. The third-order valence-electron chi connectivity index (χ3n) is 6.45. The van der Waals surface area contributed by atoms with Crippen LogP contribution >= 0.6 is 0 Å². The van der Waals surface area contributed by atoms with Crippen molar-refractivity contribution < 1.29 is 13.6 Å². The highest BCUT2D eigenvalue weighted by molar-refractivity contribution is 5.96. The number of rotatable bonds is 6. The first kappa shape index (κ1) is 22.5. The molecule has 1 amide bonds. The smallest absolute Gasteiger partial charge is 0.254 e. The van der Waals surface area contributed by atoms with Crippen molar-refractivity contribution in [2.45, 2.75) is 44.4 Å². The van der Waals surface area contributed by atoms with Crippen molar-refractivity contribution in [1.29, 1.82) is 0 Å². The Balaban J connectivity index is 1.37. The first-order valence-electron chi connectivity index (χ1n) is 11.6. The molecule has 7 nitrogen and oxygen atoms in total. The number of carbonyl (C=O) groups excluding carboxylic acids is 1. The molecule has 2 aromatic heterocycles. The van der Waals surface area contributed by atoms with Crippen molar-refractivity contribution in [3.8, 4) is 16.8 Å². The summed E-state index contributed by atoms with van der Waals surface area (Å²) in [6.45, 7) is 3.05. The average molecular weight is 467 g/mol. The zero-order valence-electron chi connectivity index (χ0n) is 19.3. The van der Waals surface area contributed by atoms with Crippen molar-refractivity contribution >= 4 is 11.6 Å². The molecule has 178 valence electrons. The minimum absolute atomic E-state index is 0.0343. The summed E-state index contributed by atoms with van der Waals surface area (Å²) in [4.78, 5) is 18.7. The van der Waals surface area contributed by atoms with E-state index in [1.54, 1.807) is 36.3 Å². The molecule has 3 heterocycles. The first-order valence-corrected chi connectivity index (χ1v) is 11.6. The Morgan fingerprint density at radius 2 is 1.97 bits per heavy atom. The van der Waals surface area contributed by atoms with E-state index in [0.29, 0.717) is 24.2 Å². The van der Waals surface area contributed by atoms with Crippen LogP contribution in [0, 0.1) is 12.7 Å². The second-order valence-electron chi connectivity index (χ2n) is 9.32. The van der Waals surface area contributed by atoms with Gasteiger partial charge < -0.3 is 15.5 Å². The predicted octanol–water partition coefficient (Wildman–Crippen LogP) is 3.73. The molecular weight excluding hydrogens is 438 g/mol. The molecule has 1 aromatic carbocycles. The van der Waals surface area contributed by atoms with Crippen LogP contribution in [0.4, 0.5) is 14.5 Å². The van der Waals surface area contributed by atoms with E-state index in [0.717, 1.165) is 36.2 Å². The van der Waals surface area contributed by atoms with Gasteiger partial charge in [0, 0.05) is 30.9 Å². The van der Waals surface area contributed by atoms with Crippen LogP contribution in [0.2, 0.25) is 0 Å². The second kappa shape index (κ2) is 9.13. The summed E-state index contributed by atoms with van der Waals surface area (Å²) in [5.41, 5.74) is 3.68. The van der Waals surface area contributed by atoms with Gasteiger partial charge in [-0.1, -0.05) is 0 Å². The van der Waals surface area contributed by atoms with Crippen molar-refractivity contribution in [2.75, 3.05) is 25.5 Å². The Bertz CT molecular complexity index is 1210. The predicted molar refractivity (Wildman–Crippen MR) is 126 cm³/mol. The van der Waals surface area contributed by atoms with Crippen LogP contribution in [-0.4, -0.2) is 64.0 Å². The van der Waals surface area contributed by atoms with Crippen LogP contribution in [0.25, 0.3) is 16.8 Å². The van der Waals surface area contributed by atoms with Gasteiger partial charge in [-0.25, -0.2) is 13.5 Å². The largest absolute Gasteiger partial charge is 0.378 e. The van der Waals surface area contributed by atoms with Crippen LogP contribution in [0.5, 0.6) is 0 Å². The molecule has 2 atom stereocenters. The second-order valence-corrected chi connectivity index (χ2v) is 9.32. The third kappa shape index (κ3) is 4.79. The molecule has 0 bridgehead atoms. The minimum Gasteiger partial charge on any atom is -0.378 e. The van der Waals surface area contributed by atoms with Gasteiger partial charge in [0.15, 0.2) is 0 Å². The Labute approximate surface area is 197 Å². The Morgan fingerprint density at radius 3 is 2.74 bits per heavy atom. The van der Waals surface area contributed by atoms with Gasteiger partial charge in [-0.3, -0.25) is 9.78 Å². The number of carbonyl (C=O) groups is 1. The summed E-state index contributed by atoms with van der Waals surface area (Å²) >= 11 is 0. The monoisotopic (exact) mass is 466 g/mol. The van der Waals surface area contributed by atoms with Crippen LogP contribution in [-0.2, 0) is 0 Å². The molecule has 1 saturated carbocycles. The zero-order chi connectivity index (χ0) is 23.8. The van der Waals surface area contributed by atoms with Gasteiger partial charge in [-0.15, -0.1) is 0 Å². The normalized spacial score (nSPS) is 20.8. The number of hydrogen-bond acceptors (Lipinski definition) is 5. The highest BCUT2D eigenvalue weighted by Gasteiger charge is 2.28. The fourth-order valence-electron chi connectivity index (χ4n) is 4.32. The van der Waals surface area contributed by atoms with E-state index in [4.69, 9.17) is 0 Å². The number of nitrogens with zero attached hydrogens (tertiary/aromatic N) is 4. The van der Waals surface area contributed by atoms with Gasteiger partial charge in [0.2, 0.25) is 0 Å². The summed E-state index contributed by atoms with van der Waals surface area (Å²) in [6, 6.07) is 4.73. The lowest BCUT2D eigenvalue weighted by Gasteiger charge is -2.33. The van der Waals surface area contributed by atoms with E-state index in [-0.39, 0.29) is 17.6 Å². The molecule has 2 aliphatic rings. The van der Waals surface area contributed by atoms with Crippen molar-refractivity contribution in [2.24, 2.45) is 0 Å². The molecule has 5 rings (SSSR count). The number of benzene rings is 1. The molecule has 1 aliphatic carbocycles. The summed E-state index contributed by atoms with van der Waals surface area (Å²) in [7, 11) is 1.92. The quantitative estimate of drug-likeness (QED) is 0.579. The lowest BCUT2D eigenvalue weighted by Crippen LogP contribution is -2.46. The molecule has 2 N–H and O–H groups in total. The maximum Gasteiger partial charge on any atom is 0.254 e. The molecular formula is C25H28F2N6O. The topological polar surface area (TPSA) is 75.1 Å². The molecule has 0 spiro atoms. The lowest BCUT2D eigenvalue weighted by molar-refractivity contribution is 0.0947. The molecule has 9 heteroatoms. The van der Waals surface area contributed by atoms with Crippen LogP contribution in [0.3, 0.4) is 0 Å². The summed E-state index contributed by atoms with van der Waals surface area (Å²) in [5.74, 6) is -0.925. The van der Waals surface area contributed by atoms with Gasteiger partial charge in [0.25, 0.3) is 5.91 Å². The number of aryl methyl sites for hydroxylation is 1. The van der Waals surface area contributed by atoms with Gasteiger partial charge in [0.05, 0.1) is 41.6 Å². The number of pyridine rings is 1. The van der Waals surface area contributed by atoms with Crippen molar-refractivity contribution in [3.63, 3.8) is 0 Å². The number of halogens is 2. The summed E-state index contributed by atoms with van der Waals surface area (Å²) in [5, 5.41) is 10.6. The van der Waals surface area contributed by atoms with Gasteiger partial charge in [-0.2, -0.15) is 5.10 Å². The molecule has 3 aromatic rings. The fourth-order valence-corrected chi connectivity index (χ4v) is 4.32. The summed E-state index contributed by atoms with van der Waals surface area (Å²) < 4.78 is 30.6. The fraction of sp³-hybridized carbons (Fsp3) is 0.400. The number of anilines is 1. The summed E-state index contributed by atoms with van der Waals surface area (Å²) in [6.07, 6.45) is 8.48. The van der Waals surface area contributed by atoms with Crippen LogP contribution < -0.4 is 10.6 Å².